The van der Waals surface area contributed by atoms with E-state index in [4.69, 9.17) is 0 Å². The summed E-state index contributed by atoms with van der Waals surface area (Å²) >= 11 is 0.984. The lowest BCUT2D eigenvalue weighted by atomic mass is 10.0. The minimum Gasteiger partial charge on any atom is -0.273 e. The van der Waals surface area contributed by atoms with Crippen LogP contribution in [0.15, 0.2) is 11.0 Å². The average molecular weight is 383 g/mol. The fraction of sp³-hybridized carbons (Fsp3) is 0.529. The highest BCUT2D eigenvalue weighted by Crippen LogP contribution is 2.33. The van der Waals surface area contributed by atoms with Gasteiger partial charge in [0, 0.05) is 13.1 Å². The van der Waals surface area contributed by atoms with Crippen LogP contribution in [0.4, 0.5) is 4.79 Å². The van der Waals surface area contributed by atoms with Gasteiger partial charge in [0.25, 0.3) is 5.24 Å². The molecule has 2 heterocycles. The summed E-state index contributed by atoms with van der Waals surface area (Å²) in [6.07, 6.45) is 0.486. The molecule has 1 aromatic carbocycles. The zero-order chi connectivity index (χ0) is 18.5. The van der Waals surface area contributed by atoms with E-state index in [-0.39, 0.29) is 29.5 Å². The van der Waals surface area contributed by atoms with Crippen molar-refractivity contribution in [3.63, 3.8) is 0 Å². The Labute approximate surface area is 152 Å². The normalized spacial score (nSPS) is 22.2. The average Bonchev–Trinajstić information content (AvgIpc) is 3.12. The van der Waals surface area contributed by atoms with Crippen molar-refractivity contribution < 1.29 is 18.0 Å². The van der Waals surface area contributed by atoms with E-state index in [1.165, 1.54) is 9.21 Å². The van der Waals surface area contributed by atoms with Gasteiger partial charge in [-0.15, -0.1) is 0 Å². The smallest absolute Gasteiger partial charge is 0.273 e. The third kappa shape index (κ3) is 3.00. The summed E-state index contributed by atoms with van der Waals surface area (Å²) in [4.78, 5) is 25.4. The van der Waals surface area contributed by atoms with E-state index in [0.717, 1.165) is 34.0 Å². The van der Waals surface area contributed by atoms with E-state index < -0.39 is 10.0 Å². The van der Waals surface area contributed by atoms with Gasteiger partial charge in [-0.3, -0.25) is 14.5 Å². The van der Waals surface area contributed by atoms with Gasteiger partial charge in [-0.05, 0) is 56.4 Å². The van der Waals surface area contributed by atoms with E-state index in [1.54, 1.807) is 0 Å². The Morgan fingerprint density at radius 3 is 2.20 bits per heavy atom. The highest BCUT2D eigenvalue weighted by Gasteiger charge is 2.42. The van der Waals surface area contributed by atoms with Crippen molar-refractivity contribution in [2.75, 3.05) is 18.8 Å². The lowest BCUT2D eigenvalue weighted by molar-refractivity contribution is -0.126. The Morgan fingerprint density at radius 2 is 1.68 bits per heavy atom. The largest absolute Gasteiger partial charge is 0.289 e. The number of carbonyl (C=O) groups is 2. The summed E-state index contributed by atoms with van der Waals surface area (Å²) in [7, 11) is -3.67. The molecular formula is C17H22N2O4S2. The molecule has 25 heavy (non-hydrogen) atoms. The molecule has 136 valence electrons. The molecule has 0 spiro atoms. The maximum atomic E-state index is 13.2. The first-order chi connectivity index (χ1) is 11.6. The topological polar surface area (TPSA) is 74.8 Å². The molecule has 1 aromatic rings. The number of imide groups is 1. The number of carbonyl (C=O) groups excluding carboxylic acids is 2. The molecule has 6 nitrogen and oxygen atoms in total. The summed E-state index contributed by atoms with van der Waals surface area (Å²) in [6, 6.07) is 1.63. The molecule has 0 aliphatic carbocycles. The number of hydrogen-bond acceptors (Lipinski definition) is 5. The number of amides is 2. The van der Waals surface area contributed by atoms with Gasteiger partial charge in [0.15, 0.2) is 0 Å². The fourth-order valence-corrected chi connectivity index (χ4v) is 6.40. The molecule has 2 aliphatic heterocycles. The van der Waals surface area contributed by atoms with Gasteiger partial charge in [-0.25, -0.2) is 8.42 Å². The van der Waals surface area contributed by atoms with E-state index in [2.05, 4.69) is 0 Å². The van der Waals surface area contributed by atoms with Crippen molar-refractivity contribution >= 4 is 32.9 Å². The van der Waals surface area contributed by atoms with Gasteiger partial charge >= 0.3 is 0 Å². The van der Waals surface area contributed by atoms with Crippen molar-refractivity contribution in [3.05, 3.63) is 28.3 Å². The number of nitrogens with zero attached hydrogens (tertiary/aromatic N) is 2. The minimum absolute atomic E-state index is 0.150. The number of rotatable bonds is 3. The Hall–Kier alpha value is -1.38. The van der Waals surface area contributed by atoms with Crippen molar-refractivity contribution in [2.24, 2.45) is 0 Å². The van der Waals surface area contributed by atoms with E-state index in [9.17, 15) is 18.0 Å². The first kappa shape index (κ1) is 18.4. The second-order valence-electron chi connectivity index (χ2n) is 6.71. The van der Waals surface area contributed by atoms with Crippen LogP contribution < -0.4 is 0 Å². The van der Waals surface area contributed by atoms with E-state index >= 15 is 0 Å². The molecule has 2 aliphatic rings. The summed E-state index contributed by atoms with van der Waals surface area (Å²) in [5.41, 5.74) is 3.41. The molecule has 0 N–H and O–H groups in total. The highest BCUT2D eigenvalue weighted by molar-refractivity contribution is 8.14. The second kappa shape index (κ2) is 6.41. The molecule has 3 rings (SSSR count). The third-order valence-corrected chi connectivity index (χ3v) is 8.15. The summed E-state index contributed by atoms with van der Waals surface area (Å²) < 4.78 is 27.9. The van der Waals surface area contributed by atoms with Crippen LogP contribution in [0.25, 0.3) is 0 Å². The lowest BCUT2D eigenvalue weighted by Crippen LogP contribution is -2.41. The minimum atomic E-state index is -3.67. The molecule has 0 aromatic heterocycles. The summed E-state index contributed by atoms with van der Waals surface area (Å²) in [5, 5.41) is -0.270. The van der Waals surface area contributed by atoms with Crippen LogP contribution >= 0.6 is 11.8 Å². The Balaban J connectivity index is 1.93. The first-order valence-corrected chi connectivity index (χ1v) is 10.6. The summed E-state index contributed by atoms with van der Waals surface area (Å²) in [6.45, 7) is 7.96. The van der Waals surface area contributed by atoms with Gasteiger partial charge in [-0.1, -0.05) is 17.8 Å². The molecule has 2 fully saturated rings. The van der Waals surface area contributed by atoms with Gasteiger partial charge in [0.05, 0.1) is 16.7 Å². The van der Waals surface area contributed by atoms with Gasteiger partial charge in [0.1, 0.15) is 0 Å². The van der Waals surface area contributed by atoms with E-state index in [0.29, 0.717) is 17.9 Å². The Bertz CT molecular complexity index is 822. The maximum Gasteiger partial charge on any atom is 0.289 e. The number of hydrogen-bond donors (Lipinski definition) is 0. The molecule has 2 saturated heterocycles. The van der Waals surface area contributed by atoms with E-state index in [1.807, 2.05) is 33.8 Å². The van der Waals surface area contributed by atoms with Crippen molar-refractivity contribution in [3.8, 4) is 0 Å². The molecule has 2 amide bonds. The number of aryl methyl sites for hydroxylation is 2. The number of benzene rings is 1. The van der Waals surface area contributed by atoms with Gasteiger partial charge in [0.2, 0.25) is 15.9 Å². The SMILES string of the molecule is Cc1cc(C)c(C)c(S(=O)(=O)N2CC[C@@H](N3C(=O)CSC3=O)C2)c1C. The molecule has 0 unspecified atom stereocenters. The monoisotopic (exact) mass is 382 g/mol. The van der Waals surface area contributed by atoms with Crippen LogP contribution in [0, 0.1) is 27.7 Å². The third-order valence-electron chi connectivity index (χ3n) is 5.17. The molecule has 8 heteroatoms. The molecule has 0 bridgehead atoms. The zero-order valence-corrected chi connectivity index (χ0v) is 16.5. The zero-order valence-electron chi connectivity index (χ0n) is 14.8. The molecule has 1 atom stereocenters. The molecule has 0 saturated carbocycles. The van der Waals surface area contributed by atoms with Crippen molar-refractivity contribution in [2.45, 2.75) is 45.1 Å². The lowest BCUT2D eigenvalue weighted by Gasteiger charge is -2.23. The van der Waals surface area contributed by atoms with Crippen LogP contribution in [-0.2, 0) is 14.8 Å². The van der Waals surface area contributed by atoms with Crippen molar-refractivity contribution in [1.29, 1.82) is 0 Å². The molecule has 0 radical (unpaired) electrons. The maximum absolute atomic E-state index is 13.2. The number of sulfonamides is 1. The van der Waals surface area contributed by atoms with Crippen LogP contribution in [-0.4, -0.2) is 53.7 Å². The quantitative estimate of drug-likeness (QED) is 0.802. The Morgan fingerprint density at radius 1 is 1.08 bits per heavy atom. The van der Waals surface area contributed by atoms with Gasteiger partial charge < -0.3 is 0 Å². The van der Waals surface area contributed by atoms with Crippen LogP contribution in [0.5, 0.6) is 0 Å². The van der Waals surface area contributed by atoms with Crippen molar-refractivity contribution in [1.82, 2.24) is 9.21 Å². The highest BCUT2D eigenvalue weighted by atomic mass is 32.2. The predicted octanol–water partition coefficient (Wildman–Crippen LogP) is 2.38. The first-order valence-electron chi connectivity index (χ1n) is 8.21. The van der Waals surface area contributed by atoms with Crippen LogP contribution in [0.1, 0.15) is 28.7 Å². The number of thioether (sulfide) groups is 1. The predicted molar refractivity (Wildman–Crippen MR) is 97.3 cm³/mol. The molecular weight excluding hydrogens is 360 g/mol. The Kier molecular flexibility index (Phi) is 4.72. The van der Waals surface area contributed by atoms with Crippen LogP contribution in [0.3, 0.4) is 0 Å². The fourth-order valence-electron chi connectivity index (χ4n) is 3.55. The second-order valence-corrected chi connectivity index (χ2v) is 9.51. The summed E-state index contributed by atoms with van der Waals surface area (Å²) in [5.74, 6) is -0.0739. The van der Waals surface area contributed by atoms with Crippen LogP contribution in [0.2, 0.25) is 0 Å². The van der Waals surface area contributed by atoms with Gasteiger partial charge in [-0.2, -0.15) is 4.31 Å². The standard InChI is InChI=1S/C17H22N2O4S2/c1-10-7-11(2)13(4)16(12(10)3)25(22,23)18-6-5-14(8-18)19-15(20)9-24-17(19)21/h7,14H,5-6,8-9H2,1-4H3/t14-/m1/s1.